The number of aromatic amines is 1. The van der Waals surface area contributed by atoms with Gasteiger partial charge >= 0.3 is 0 Å². The molecule has 3 heteroatoms. The van der Waals surface area contributed by atoms with Crippen LogP contribution in [0.15, 0.2) is 18.3 Å². The van der Waals surface area contributed by atoms with E-state index in [2.05, 4.69) is 21.7 Å². The Bertz CT molecular complexity index is 181. The molecule has 11 heavy (non-hydrogen) atoms. The molecule has 0 aliphatic carbocycles. The van der Waals surface area contributed by atoms with Crippen LogP contribution in [-0.4, -0.2) is 25.6 Å². The Balaban J connectivity index is 2.56. The largest absolute Gasteiger partial charge is 0.364 e. The van der Waals surface area contributed by atoms with Gasteiger partial charge in [-0.25, -0.2) is 0 Å². The quantitative estimate of drug-likeness (QED) is 0.589. The van der Waals surface area contributed by atoms with Crippen LogP contribution in [0.3, 0.4) is 0 Å². The first-order valence-electron chi connectivity index (χ1n) is 3.83. The van der Waals surface area contributed by atoms with Gasteiger partial charge in [-0.1, -0.05) is 0 Å². The predicted molar refractivity (Wildman–Crippen MR) is 46.5 cm³/mol. The second-order valence-electron chi connectivity index (χ2n) is 2.52. The van der Waals surface area contributed by atoms with Gasteiger partial charge in [-0.05, 0) is 26.2 Å². The first-order chi connectivity index (χ1) is 5.38. The van der Waals surface area contributed by atoms with Gasteiger partial charge in [0.05, 0.1) is 6.04 Å². The van der Waals surface area contributed by atoms with Gasteiger partial charge in [-0.15, -0.1) is 0 Å². The smallest absolute Gasteiger partial charge is 0.0596 e. The summed E-state index contributed by atoms with van der Waals surface area (Å²) >= 11 is 0. The summed E-state index contributed by atoms with van der Waals surface area (Å²) in [5, 5.41) is 6.34. The van der Waals surface area contributed by atoms with Gasteiger partial charge in [0.2, 0.25) is 0 Å². The van der Waals surface area contributed by atoms with E-state index < -0.39 is 0 Å². The second kappa shape index (κ2) is 4.16. The van der Waals surface area contributed by atoms with Gasteiger partial charge in [0.1, 0.15) is 0 Å². The van der Waals surface area contributed by atoms with Crippen LogP contribution in [0.2, 0.25) is 0 Å². The number of hydrogen-bond acceptors (Lipinski definition) is 2. The molecule has 0 amide bonds. The molecule has 1 unspecified atom stereocenters. The lowest BCUT2D eigenvalue weighted by Gasteiger charge is -2.13. The maximum Gasteiger partial charge on any atom is 0.0596 e. The van der Waals surface area contributed by atoms with Crippen LogP contribution < -0.4 is 10.6 Å². The Labute approximate surface area is 67.2 Å². The second-order valence-corrected chi connectivity index (χ2v) is 2.52. The van der Waals surface area contributed by atoms with E-state index in [4.69, 9.17) is 0 Å². The van der Waals surface area contributed by atoms with E-state index in [-0.39, 0.29) is 0 Å². The fourth-order valence-electron chi connectivity index (χ4n) is 1.13. The summed E-state index contributed by atoms with van der Waals surface area (Å²) in [4.78, 5) is 3.17. The summed E-state index contributed by atoms with van der Waals surface area (Å²) < 4.78 is 0. The van der Waals surface area contributed by atoms with E-state index in [1.54, 1.807) is 0 Å². The lowest BCUT2D eigenvalue weighted by molar-refractivity contribution is 0.548. The van der Waals surface area contributed by atoms with Crippen molar-refractivity contribution in [3.8, 4) is 0 Å². The summed E-state index contributed by atoms with van der Waals surface area (Å²) in [5.74, 6) is 0. The van der Waals surface area contributed by atoms with Gasteiger partial charge in [-0.2, -0.15) is 0 Å². The number of hydrogen-bond donors (Lipinski definition) is 3. The fraction of sp³-hybridized carbons (Fsp3) is 0.500. The van der Waals surface area contributed by atoms with E-state index in [1.165, 1.54) is 5.69 Å². The Morgan fingerprint density at radius 2 is 2.36 bits per heavy atom. The zero-order valence-corrected chi connectivity index (χ0v) is 7.02. The molecule has 3 nitrogen and oxygen atoms in total. The Morgan fingerprint density at radius 1 is 1.55 bits per heavy atom. The fourth-order valence-corrected chi connectivity index (χ4v) is 1.13. The summed E-state index contributed by atoms with van der Waals surface area (Å²) in [6.45, 7) is 0.941. The summed E-state index contributed by atoms with van der Waals surface area (Å²) in [6.07, 6.45) is 1.94. The maximum absolute atomic E-state index is 3.21. The summed E-state index contributed by atoms with van der Waals surface area (Å²) in [7, 11) is 3.91. The monoisotopic (exact) mass is 153 g/mol. The average molecular weight is 153 g/mol. The minimum atomic E-state index is 0.384. The molecule has 0 radical (unpaired) electrons. The minimum Gasteiger partial charge on any atom is -0.364 e. The van der Waals surface area contributed by atoms with E-state index in [9.17, 15) is 0 Å². The number of aromatic nitrogens is 1. The van der Waals surface area contributed by atoms with Crippen LogP contribution in [0.1, 0.15) is 11.7 Å². The molecule has 0 bridgehead atoms. The van der Waals surface area contributed by atoms with Crippen molar-refractivity contribution in [2.45, 2.75) is 6.04 Å². The van der Waals surface area contributed by atoms with Crippen LogP contribution in [0.5, 0.6) is 0 Å². The Morgan fingerprint density at radius 3 is 2.82 bits per heavy atom. The van der Waals surface area contributed by atoms with Gasteiger partial charge in [0.25, 0.3) is 0 Å². The highest BCUT2D eigenvalue weighted by atomic mass is 15.0. The van der Waals surface area contributed by atoms with Crippen LogP contribution in [0.4, 0.5) is 0 Å². The molecule has 1 atom stereocenters. The highest BCUT2D eigenvalue weighted by Crippen LogP contribution is 2.07. The van der Waals surface area contributed by atoms with Crippen molar-refractivity contribution >= 4 is 0 Å². The van der Waals surface area contributed by atoms with Crippen LogP contribution in [0.25, 0.3) is 0 Å². The summed E-state index contributed by atoms with van der Waals surface area (Å²) in [6, 6.07) is 4.48. The number of rotatable bonds is 4. The molecule has 1 aromatic heterocycles. The highest BCUT2D eigenvalue weighted by Gasteiger charge is 2.06. The van der Waals surface area contributed by atoms with Crippen molar-refractivity contribution in [1.82, 2.24) is 15.6 Å². The van der Waals surface area contributed by atoms with E-state index in [0.29, 0.717) is 6.04 Å². The van der Waals surface area contributed by atoms with Crippen molar-refractivity contribution in [2.24, 2.45) is 0 Å². The molecule has 0 saturated carbocycles. The lowest BCUT2D eigenvalue weighted by atomic mass is 10.2. The summed E-state index contributed by atoms with van der Waals surface area (Å²) in [5.41, 5.74) is 1.22. The predicted octanol–water partition coefficient (Wildman–Crippen LogP) is 0.495. The topological polar surface area (TPSA) is 39.8 Å². The molecule has 0 fully saturated rings. The molecule has 0 aliphatic heterocycles. The van der Waals surface area contributed by atoms with Gasteiger partial charge < -0.3 is 15.6 Å². The van der Waals surface area contributed by atoms with Gasteiger partial charge in [0, 0.05) is 18.4 Å². The van der Waals surface area contributed by atoms with Gasteiger partial charge in [-0.3, -0.25) is 0 Å². The molecular formula is C8H15N3. The molecule has 1 aromatic rings. The molecule has 0 aliphatic rings. The zero-order valence-electron chi connectivity index (χ0n) is 7.02. The van der Waals surface area contributed by atoms with Crippen molar-refractivity contribution in [1.29, 1.82) is 0 Å². The van der Waals surface area contributed by atoms with Crippen molar-refractivity contribution in [3.05, 3.63) is 24.0 Å². The number of nitrogens with one attached hydrogen (secondary N) is 3. The van der Waals surface area contributed by atoms with E-state index in [1.807, 2.05) is 26.4 Å². The number of likely N-dealkylation sites (N-methyl/N-ethyl adjacent to an activating group) is 2. The third kappa shape index (κ3) is 2.06. The third-order valence-electron chi connectivity index (χ3n) is 1.75. The number of H-pyrrole nitrogens is 1. The maximum atomic E-state index is 3.21. The Kier molecular flexibility index (Phi) is 3.14. The third-order valence-corrected chi connectivity index (χ3v) is 1.75. The molecular weight excluding hydrogens is 138 g/mol. The van der Waals surface area contributed by atoms with Crippen LogP contribution in [-0.2, 0) is 0 Å². The molecule has 0 spiro atoms. The first kappa shape index (κ1) is 8.30. The molecule has 0 aromatic carbocycles. The van der Waals surface area contributed by atoms with Crippen molar-refractivity contribution < 1.29 is 0 Å². The standard InChI is InChI=1S/C8H15N3/c1-9-6-8(10-2)7-4-3-5-11-7/h3-5,8-11H,6H2,1-2H3. The molecule has 1 rings (SSSR count). The van der Waals surface area contributed by atoms with Crippen LogP contribution in [0, 0.1) is 0 Å². The zero-order chi connectivity index (χ0) is 8.10. The van der Waals surface area contributed by atoms with Crippen molar-refractivity contribution in [2.75, 3.05) is 20.6 Å². The normalized spacial score (nSPS) is 13.3. The van der Waals surface area contributed by atoms with Crippen molar-refractivity contribution in [3.63, 3.8) is 0 Å². The first-order valence-corrected chi connectivity index (χ1v) is 3.83. The molecule has 1 heterocycles. The van der Waals surface area contributed by atoms with E-state index in [0.717, 1.165) is 6.54 Å². The van der Waals surface area contributed by atoms with Crippen LogP contribution >= 0.6 is 0 Å². The minimum absolute atomic E-state index is 0.384. The highest BCUT2D eigenvalue weighted by molar-refractivity contribution is 5.09. The molecule has 0 saturated heterocycles. The Hall–Kier alpha value is -0.800. The average Bonchev–Trinajstić information content (AvgIpc) is 2.52. The lowest BCUT2D eigenvalue weighted by Crippen LogP contribution is -2.27. The molecule has 3 N–H and O–H groups in total. The SMILES string of the molecule is CNCC(NC)c1ccc[nH]1. The van der Waals surface area contributed by atoms with E-state index >= 15 is 0 Å². The van der Waals surface area contributed by atoms with Gasteiger partial charge in [0.15, 0.2) is 0 Å². The molecule has 62 valence electrons.